The Labute approximate surface area is 85.9 Å². The van der Waals surface area contributed by atoms with Gasteiger partial charge in [0.25, 0.3) is 0 Å². The van der Waals surface area contributed by atoms with Crippen LogP contribution in [0.5, 0.6) is 0 Å². The van der Waals surface area contributed by atoms with Gasteiger partial charge in [0.2, 0.25) is 0 Å². The van der Waals surface area contributed by atoms with E-state index in [-0.39, 0.29) is 0 Å². The van der Waals surface area contributed by atoms with Crippen LogP contribution in [0.15, 0.2) is 40.2 Å². The first kappa shape index (κ1) is 8.16. The summed E-state index contributed by atoms with van der Waals surface area (Å²) in [6.45, 7) is 0.534. The maximum Gasteiger partial charge on any atom is 0.170 e. The second-order valence-corrected chi connectivity index (χ2v) is 3.12. The van der Waals surface area contributed by atoms with Crippen molar-refractivity contribution in [2.24, 2.45) is 4.99 Å². The second kappa shape index (κ2) is 3.20. The van der Waals surface area contributed by atoms with E-state index < -0.39 is 0 Å². The molecule has 0 radical (unpaired) electrons. The number of furan rings is 1. The first-order chi connectivity index (χ1) is 7.43. The SMILES string of the molecule is c1coc(C2=NCc3nccnc3N2)c1. The molecule has 2 aromatic heterocycles. The third-order valence-corrected chi connectivity index (χ3v) is 2.15. The molecule has 0 bridgehead atoms. The maximum atomic E-state index is 5.25. The van der Waals surface area contributed by atoms with E-state index in [2.05, 4.69) is 20.3 Å². The number of anilines is 1. The lowest BCUT2D eigenvalue weighted by Gasteiger charge is -2.14. The minimum absolute atomic E-state index is 0.534. The maximum absolute atomic E-state index is 5.25. The summed E-state index contributed by atoms with van der Waals surface area (Å²) in [6, 6.07) is 3.68. The quantitative estimate of drug-likeness (QED) is 0.756. The molecule has 3 heterocycles. The van der Waals surface area contributed by atoms with Gasteiger partial charge in [-0.3, -0.25) is 9.98 Å². The monoisotopic (exact) mass is 200 g/mol. The van der Waals surface area contributed by atoms with Gasteiger partial charge in [-0.1, -0.05) is 0 Å². The normalized spacial score (nSPS) is 14.0. The Kier molecular flexibility index (Phi) is 1.74. The van der Waals surface area contributed by atoms with Gasteiger partial charge < -0.3 is 9.73 Å². The molecule has 5 heteroatoms. The summed E-state index contributed by atoms with van der Waals surface area (Å²) in [7, 11) is 0. The highest BCUT2D eigenvalue weighted by Gasteiger charge is 2.15. The molecule has 2 aromatic rings. The van der Waals surface area contributed by atoms with E-state index >= 15 is 0 Å². The Hall–Kier alpha value is -2.17. The Balaban J connectivity index is 1.96. The van der Waals surface area contributed by atoms with E-state index in [1.54, 1.807) is 18.7 Å². The molecule has 5 nitrogen and oxygen atoms in total. The first-order valence-corrected chi connectivity index (χ1v) is 4.59. The molecule has 0 atom stereocenters. The fourth-order valence-corrected chi connectivity index (χ4v) is 1.45. The van der Waals surface area contributed by atoms with Gasteiger partial charge >= 0.3 is 0 Å². The number of hydrogen-bond donors (Lipinski definition) is 1. The number of nitrogens with one attached hydrogen (secondary N) is 1. The van der Waals surface area contributed by atoms with Gasteiger partial charge in [-0.25, -0.2) is 4.98 Å². The van der Waals surface area contributed by atoms with Gasteiger partial charge in [-0.2, -0.15) is 0 Å². The average Bonchev–Trinajstić information content (AvgIpc) is 2.82. The third kappa shape index (κ3) is 1.38. The third-order valence-electron chi connectivity index (χ3n) is 2.15. The summed E-state index contributed by atoms with van der Waals surface area (Å²) in [5.74, 6) is 2.17. The smallest absolute Gasteiger partial charge is 0.170 e. The lowest BCUT2D eigenvalue weighted by molar-refractivity contribution is 0.556. The molecule has 0 aromatic carbocycles. The zero-order valence-electron chi connectivity index (χ0n) is 7.84. The van der Waals surface area contributed by atoms with Crippen molar-refractivity contribution in [3.8, 4) is 0 Å². The lowest BCUT2D eigenvalue weighted by atomic mass is 10.3. The predicted molar refractivity (Wildman–Crippen MR) is 54.6 cm³/mol. The van der Waals surface area contributed by atoms with Crippen molar-refractivity contribution in [1.82, 2.24) is 9.97 Å². The average molecular weight is 200 g/mol. The minimum atomic E-state index is 0.534. The molecule has 0 saturated heterocycles. The zero-order chi connectivity index (χ0) is 10.1. The van der Waals surface area contributed by atoms with Crippen molar-refractivity contribution in [3.05, 3.63) is 42.2 Å². The summed E-state index contributed by atoms with van der Waals surface area (Å²) in [5.41, 5.74) is 0.854. The van der Waals surface area contributed by atoms with Gasteiger partial charge in [-0.15, -0.1) is 0 Å². The highest BCUT2D eigenvalue weighted by Crippen LogP contribution is 2.17. The van der Waals surface area contributed by atoms with Crippen molar-refractivity contribution in [1.29, 1.82) is 0 Å². The predicted octanol–water partition coefficient (Wildman–Crippen LogP) is 1.44. The second-order valence-electron chi connectivity index (χ2n) is 3.12. The van der Waals surface area contributed by atoms with Crippen molar-refractivity contribution < 1.29 is 4.42 Å². The number of rotatable bonds is 1. The Morgan fingerprint density at radius 1 is 1.27 bits per heavy atom. The number of aliphatic imine (C=N–C) groups is 1. The zero-order valence-corrected chi connectivity index (χ0v) is 7.84. The number of amidine groups is 1. The van der Waals surface area contributed by atoms with Crippen LogP contribution in [0, 0.1) is 0 Å². The molecular formula is C10H8N4O. The van der Waals surface area contributed by atoms with Crippen molar-refractivity contribution in [3.63, 3.8) is 0 Å². The van der Waals surface area contributed by atoms with Gasteiger partial charge in [0.15, 0.2) is 17.4 Å². The summed E-state index contributed by atoms with van der Waals surface area (Å²) < 4.78 is 5.25. The molecule has 0 aliphatic carbocycles. The molecule has 74 valence electrons. The Morgan fingerprint density at radius 2 is 2.20 bits per heavy atom. The molecule has 0 spiro atoms. The van der Waals surface area contributed by atoms with E-state index in [4.69, 9.17) is 4.42 Å². The van der Waals surface area contributed by atoms with E-state index in [0.717, 1.165) is 11.5 Å². The van der Waals surface area contributed by atoms with Crippen molar-refractivity contribution in [2.45, 2.75) is 6.54 Å². The fraction of sp³-hybridized carbons (Fsp3) is 0.100. The van der Waals surface area contributed by atoms with Crippen molar-refractivity contribution >= 4 is 11.7 Å². The molecule has 1 N–H and O–H groups in total. The molecule has 0 unspecified atom stereocenters. The Bertz CT molecular complexity index is 504. The van der Waals surface area contributed by atoms with Gasteiger partial charge in [0.1, 0.15) is 5.69 Å². The van der Waals surface area contributed by atoms with Crippen LogP contribution in [0.25, 0.3) is 0 Å². The first-order valence-electron chi connectivity index (χ1n) is 4.59. The largest absolute Gasteiger partial charge is 0.461 e. The van der Waals surface area contributed by atoms with E-state index in [9.17, 15) is 0 Å². The molecular weight excluding hydrogens is 192 g/mol. The van der Waals surface area contributed by atoms with E-state index in [0.29, 0.717) is 18.1 Å². The van der Waals surface area contributed by atoms with Crippen LogP contribution in [-0.2, 0) is 6.54 Å². The van der Waals surface area contributed by atoms with Crippen LogP contribution >= 0.6 is 0 Å². The van der Waals surface area contributed by atoms with Crippen LogP contribution in [-0.4, -0.2) is 15.8 Å². The molecule has 15 heavy (non-hydrogen) atoms. The van der Waals surface area contributed by atoms with Crippen LogP contribution in [0.4, 0.5) is 5.82 Å². The van der Waals surface area contributed by atoms with Gasteiger partial charge in [0.05, 0.1) is 12.8 Å². The van der Waals surface area contributed by atoms with Crippen molar-refractivity contribution in [2.75, 3.05) is 5.32 Å². The van der Waals surface area contributed by atoms with Crippen LogP contribution < -0.4 is 5.32 Å². The molecule has 1 aliphatic rings. The molecule has 0 amide bonds. The molecule has 1 aliphatic heterocycles. The number of aromatic nitrogens is 2. The number of nitrogens with zero attached hydrogens (tertiary/aromatic N) is 3. The summed E-state index contributed by atoms with van der Waals surface area (Å²) in [5, 5.41) is 3.08. The summed E-state index contributed by atoms with van der Waals surface area (Å²) in [6.07, 6.45) is 4.93. The van der Waals surface area contributed by atoms with E-state index in [1.165, 1.54) is 0 Å². The molecule has 0 fully saturated rings. The Morgan fingerprint density at radius 3 is 3.07 bits per heavy atom. The van der Waals surface area contributed by atoms with Gasteiger partial charge in [0, 0.05) is 12.4 Å². The standard InChI is InChI=1S/C10H8N4O/c1-2-8(15-5-1)10-13-6-7-9(14-10)12-4-3-11-7/h1-5H,6H2,(H,12,13,14). The summed E-state index contributed by atoms with van der Waals surface area (Å²) >= 11 is 0. The topological polar surface area (TPSA) is 63.3 Å². The number of hydrogen-bond acceptors (Lipinski definition) is 5. The molecule has 0 saturated carbocycles. The van der Waals surface area contributed by atoms with E-state index in [1.807, 2.05) is 12.1 Å². The lowest BCUT2D eigenvalue weighted by Crippen LogP contribution is -2.20. The fourth-order valence-electron chi connectivity index (χ4n) is 1.45. The van der Waals surface area contributed by atoms with Gasteiger partial charge in [-0.05, 0) is 12.1 Å². The minimum Gasteiger partial charge on any atom is -0.461 e. The van der Waals surface area contributed by atoms with Crippen LogP contribution in [0.1, 0.15) is 11.5 Å². The molecule has 3 rings (SSSR count). The highest BCUT2D eigenvalue weighted by molar-refractivity contribution is 6.06. The summed E-state index contributed by atoms with van der Waals surface area (Å²) in [4.78, 5) is 12.7. The number of fused-ring (bicyclic) bond motifs is 1. The van der Waals surface area contributed by atoms with Crippen LogP contribution in [0.3, 0.4) is 0 Å². The highest BCUT2D eigenvalue weighted by atomic mass is 16.3. The van der Waals surface area contributed by atoms with Crippen LogP contribution in [0.2, 0.25) is 0 Å².